The smallest absolute Gasteiger partial charge is 0.167 e. The van der Waals surface area contributed by atoms with Gasteiger partial charge in [0.05, 0.1) is 0 Å². The van der Waals surface area contributed by atoms with Crippen LogP contribution in [0.1, 0.15) is 21.5 Å². The van der Waals surface area contributed by atoms with Crippen molar-refractivity contribution in [2.75, 3.05) is 0 Å². The molecule has 0 aliphatic rings. The standard InChI is InChI=1S/C15H12F2O/c1-10-4-2-3-5-14(10)15(18)8-11-6-12(16)9-13(17)7-11/h2-7,9H,8H2,1H3. The van der Waals surface area contributed by atoms with Crippen molar-refractivity contribution < 1.29 is 13.6 Å². The van der Waals surface area contributed by atoms with Crippen molar-refractivity contribution in [1.29, 1.82) is 0 Å². The van der Waals surface area contributed by atoms with E-state index in [2.05, 4.69) is 0 Å². The molecule has 0 atom stereocenters. The maximum absolute atomic E-state index is 13.0. The lowest BCUT2D eigenvalue weighted by Gasteiger charge is -2.05. The molecule has 0 aliphatic heterocycles. The largest absolute Gasteiger partial charge is 0.294 e. The number of carbonyl (C=O) groups is 1. The molecule has 0 N–H and O–H groups in total. The molecule has 0 spiro atoms. The first kappa shape index (κ1) is 12.4. The van der Waals surface area contributed by atoms with Crippen molar-refractivity contribution in [3.05, 3.63) is 70.8 Å². The molecule has 0 bridgehead atoms. The Morgan fingerprint density at radius 3 is 2.28 bits per heavy atom. The van der Waals surface area contributed by atoms with Crippen molar-refractivity contribution >= 4 is 5.78 Å². The van der Waals surface area contributed by atoms with E-state index in [-0.39, 0.29) is 12.2 Å². The fourth-order valence-electron chi connectivity index (χ4n) is 1.88. The van der Waals surface area contributed by atoms with E-state index in [0.717, 1.165) is 11.6 Å². The van der Waals surface area contributed by atoms with Gasteiger partial charge in [-0.3, -0.25) is 4.79 Å². The van der Waals surface area contributed by atoms with Crippen molar-refractivity contribution in [1.82, 2.24) is 0 Å². The number of halogens is 2. The molecule has 1 nitrogen and oxygen atoms in total. The Kier molecular flexibility index (Phi) is 3.51. The average Bonchev–Trinajstić information content (AvgIpc) is 2.27. The molecule has 0 fully saturated rings. The number of carbonyl (C=O) groups excluding carboxylic acids is 1. The lowest BCUT2D eigenvalue weighted by Crippen LogP contribution is -2.06. The lowest BCUT2D eigenvalue weighted by molar-refractivity contribution is 0.0992. The highest BCUT2D eigenvalue weighted by Gasteiger charge is 2.10. The van der Waals surface area contributed by atoms with Gasteiger partial charge in [-0.25, -0.2) is 8.78 Å². The number of hydrogen-bond donors (Lipinski definition) is 0. The van der Waals surface area contributed by atoms with Crippen LogP contribution in [0, 0.1) is 18.6 Å². The second kappa shape index (κ2) is 5.08. The highest BCUT2D eigenvalue weighted by Crippen LogP contribution is 2.14. The molecule has 3 heteroatoms. The Hall–Kier alpha value is -2.03. The molecule has 92 valence electrons. The molecule has 2 rings (SSSR count). The molecular formula is C15H12F2O. The van der Waals surface area contributed by atoms with Crippen LogP contribution >= 0.6 is 0 Å². The van der Waals surface area contributed by atoms with E-state index >= 15 is 0 Å². The van der Waals surface area contributed by atoms with Gasteiger partial charge in [0, 0.05) is 18.1 Å². The van der Waals surface area contributed by atoms with Gasteiger partial charge in [-0.2, -0.15) is 0 Å². The van der Waals surface area contributed by atoms with E-state index in [0.29, 0.717) is 11.1 Å². The molecule has 0 heterocycles. The molecule has 2 aromatic rings. The van der Waals surface area contributed by atoms with Gasteiger partial charge in [0.1, 0.15) is 11.6 Å². The zero-order valence-corrected chi connectivity index (χ0v) is 9.91. The van der Waals surface area contributed by atoms with Gasteiger partial charge in [-0.1, -0.05) is 24.3 Å². The minimum absolute atomic E-state index is 0.000463. The van der Waals surface area contributed by atoms with Gasteiger partial charge in [0.25, 0.3) is 0 Å². The van der Waals surface area contributed by atoms with Crippen LogP contribution in [0.4, 0.5) is 8.78 Å². The van der Waals surface area contributed by atoms with Gasteiger partial charge >= 0.3 is 0 Å². The van der Waals surface area contributed by atoms with Gasteiger partial charge in [0.2, 0.25) is 0 Å². The van der Waals surface area contributed by atoms with Gasteiger partial charge in [0.15, 0.2) is 5.78 Å². The second-order valence-corrected chi connectivity index (χ2v) is 4.19. The summed E-state index contributed by atoms with van der Waals surface area (Å²) in [5.41, 5.74) is 1.79. The summed E-state index contributed by atoms with van der Waals surface area (Å²) in [7, 11) is 0. The van der Waals surface area contributed by atoms with Crippen LogP contribution in [0.3, 0.4) is 0 Å². The first-order valence-corrected chi connectivity index (χ1v) is 5.60. The van der Waals surface area contributed by atoms with Crippen molar-refractivity contribution in [2.45, 2.75) is 13.3 Å². The monoisotopic (exact) mass is 246 g/mol. The Bertz CT molecular complexity index is 571. The van der Waals surface area contributed by atoms with Crippen molar-refractivity contribution in [3.8, 4) is 0 Å². The summed E-state index contributed by atoms with van der Waals surface area (Å²) < 4.78 is 26.0. The van der Waals surface area contributed by atoms with Crippen LogP contribution in [-0.4, -0.2) is 5.78 Å². The normalized spacial score (nSPS) is 10.4. The SMILES string of the molecule is Cc1ccccc1C(=O)Cc1cc(F)cc(F)c1. The molecule has 2 aromatic carbocycles. The zero-order chi connectivity index (χ0) is 13.1. The Morgan fingerprint density at radius 2 is 1.67 bits per heavy atom. The average molecular weight is 246 g/mol. The first-order chi connectivity index (χ1) is 8.56. The van der Waals surface area contributed by atoms with Crippen LogP contribution < -0.4 is 0 Å². The quantitative estimate of drug-likeness (QED) is 0.755. The number of aryl methyl sites for hydroxylation is 1. The predicted molar refractivity (Wildman–Crippen MR) is 65.6 cm³/mol. The summed E-state index contributed by atoms with van der Waals surface area (Å²) in [5, 5.41) is 0. The van der Waals surface area contributed by atoms with Crippen LogP contribution in [0.15, 0.2) is 42.5 Å². The lowest BCUT2D eigenvalue weighted by atomic mass is 9.99. The van der Waals surface area contributed by atoms with Crippen LogP contribution in [0.5, 0.6) is 0 Å². The molecule has 0 amide bonds. The van der Waals surface area contributed by atoms with E-state index in [1.165, 1.54) is 12.1 Å². The summed E-state index contributed by atoms with van der Waals surface area (Å²) in [6.45, 7) is 1.83. The number of ketones is 1. The highest BCUT2D eigenvalue weighted by atomic mass is 19.1. The predicted octanol–water partition coefficient (Wildman–Crippen LogP) is 3.70. The Labute approximate surface area is 104 Å². The van der Waals surface area contributed by atoms with E-state index in [9.17, 15) is 13.6 Å². The summed E-state index contributed by atoms with van der Waals surface area (Å²) in [5.74, 6) is -1.47. The third kappa shape index (κ3) is 2.80. The van der Waals surface area contributed by atoms with E-state index in [1.54, 1.807) is 12.1 Å². The summed E-state index contributed by atoms with van der Waals surface area (Å²) in [6, 6.07) is 10.3. The maximum Gasteiger partial charge on any atom is 0.167 e. The summed E-state index contributed by atoms with van der Waals surface area (Å²) >= 11 is 0. The minimum atomic E-state index is -0.664. The fraction of sp³-hybridized carbons (Fsp3) is 0.133. The Balaban J connectivity index is 2.24. The summed E-state index contributed by atoms with van der Waals surface area (Å²) in [6.07, 6.45) is -0.000463. The molecule has 0 saturated heterocycles. The molecule has 0 radical (unpaired) electrons. The number of benzene rings is 2. The van der Waals surface area contributed by atoms with Gasteiger partial charge < -0.3 is 0 Å². The Morgan fingerprint density at radius 1 is 1.06 bits per heavy atom. The van der Waals surface area contributed by atoms with Gasteiger partial charge in [-0.05, 0) is 30.2 Å². The second-order valence-electron chi connectivity index (χ2n) is 4.19. The van der Waals surface area contributed by atoms with Crippen LogP contribution in [0.25, 0.3) is 0 Å². The topological polar surface area (TPSA) is 17.1 Å². The highest BCUT2D eigenvalue weighted by molar-refractivity contribution is 5.98. The number of hydrogen-bond acceptors (Lipinski definition) is 1. The molecular weight excluding hydrogens is 234 g/mol. The maximum atomic E-state index is 13.0. The third-order valence-electron chi connectivity index (χ3n) is 2.73. The van der Waals surface area contributed by atoms with Crippen LogP contribution in [-0.2, 0) is 6.42 Å². The molecule has 0 aromatic heterocycles. The third-order valence-corrected chi connectivity index (χ3v) is 2.73. The number of Topliss-reactive ketones (excluding diaryl/α,β-unsaturated/α-hetero) is 1. The fourth-order valence-corrected chi connectivity index (χ4v) is 1.88. The zero-order valence-electron chi connectivity index (χ0n) is 9.91. The van der Waals surface area contributed by atoms with Gasteiger partial charge in [-0.15, -0.1) is 0 Å². The first-order valence-electron chi connectivity index (χ1n) is 5.60. The summed E-state index contributed by atoms with van der Waals surface area (Å²) in [4.78, 5) is 12.0. The van der Waals surface area contributed by atoms with Crippen molar-refractivity contribution in [3.63, 3.8) is 0 Å². The van der Waals surface area contributed by atoms with Crippen LogP contribution in [0.2, 0.25) is 0 Å². The van der Waals surface area contributed by atoms with Crippen molar-refractivity contribution in [2.24, 2.45) is 0 Å². The molecule has 0 aliphatic carbocycles. The molecule has 18 heavy (non-hydrogen) atoms. The van der Waals surface area contributed by atoms with E-state index < -0.39 is 11.6 Å². The number of rotatable bonds is 3. The molecule has 0 saturated carbocycles. The van der Waals surface area contributed by atoms with E-state index in [1.807, 2.05) is 19.1 Å². The molecule has 0 unspecified atom stereocenters. The minimum Gasteiger partial charge on any atom is -0.294 e. The van der Waals surface area contributed by atoms with E-state index in [4.69, 9.17) is 0 Å².